The van der Waals surface area contributed by atoms with E-state index in [2.05, 4.69) is 71.6 Å². The zero-order valence-corrected chi connectivity index (χ0v) is 19.3. The third kappa shape index (κ3) is 4.22. The molecule has 176 valence electrons. The summed E-state index contributed by atoms with van der Waals surface area (Å²) in [6, 6.07) is 29.0. The molecule has 3 aromatic rings. The molecule has 0 saturated carbocycles. The lowest BCUT2D eigenvalue weighted by atomic mass is 9.61. The minimum atomic E-state index is -0.973. The molecule has 0 spiro atoms. The van der Waals surface area contributed by atoms with Crippen LogP contribution in [0.25, 0.3) is 0 Å². The highest BCUT2D eigenvalue weighted by Crippen LogP contribution is 2.51. The Hall–Kier alpha value is -3.15. The van der Waals surface area contributed by atoms with Crippen molar-refractivity contribution in [3.63, 3.8) is 0 Å². The lowest BCUT2D eigenvalue weighted by Crippen LogP contribution is -2.72. The van der Waals surface area contributed by atoms with Gasteiger partial charge in [0, 0.05) is 19.0 Å². The standard InChI is InChI=1S/C29H32N2O3/c30-29(28(22-9-3-1-4-10-22)23-11-5-2-6-12-23)25(21-15-17-31(29)18-16-21)19-24-13-7-8-14-26(24)34-20-27(32)33/h1-14,21,25,28H,15-20,30H2,(H,32,33)/t25-,29?/m0/s1. The molecule has 0 aliphatic carbocycles. The maximum atomic E-state index is 11.1. The summed E-state index contributed by atoms with van der Waals surface area (Å²) in [7, 11) is 0. The number of para-hydroxylation sites is 1. The normalized spacial score (nSPS) is 25.9. The summed E-state index contributed by atoms with van der Waals surface area (Å²) in [6.07, 6.45) is 3.03. The van der Waals surface area contributed by atoms with E-state index in [0.717, 1.165) is 37.9 Å². The van der Waals surface area contributed by atoms with E-state index >= 15 is 0 Å². The van der Waals surface area contributed by atoms with Crippen LogP contribution in [0.3, 0.4) is 0 Å². The van der Waals surface area contributed by atoms with Gasteiger partial charge in [-0.2, -0.15) is 0 Å². The number of aliphatic carboxylic acids is 1. The molecule has 0 radical (unpaired) electrons. The molecule has 3 aliphatic heterocycles. The second-order valence-corrected chi connectivity index (χ2v) is 9.57. The summed E-state index contributed by atoms with van der Waals surface area (Å²) >= 11 is 0. The van der Waals surface area contributed by atoms with Crippen LogP contribution in [0.1, 0.15) is 35.4 Å². The molecule has 5 heteroatoms. The number of carboxylic acid groups (broad SMARTS) is 1. The largest absolute Gasteiger partial charge is 0.482 e. The SMILES string of the molecule is NC1(C(c2ccccc2)c2ccccc2)[C@@H](Cc2ccccc2OCC(=O)O)C2CCN1CC2. The van der Waals surface area contributed by atoms with E-state index in [1.165, 1.54) is 11.1 Å². The van der Waals surface area contributed by atoms with Crippen LogP contribution in [-0.2, 0) is 11.2 Å². The fourth-order valence-corrected chi connectivity index (χ4v) is 6.24. The van der Waals surface area contributed by atoms with Crippen LogP contribution in [0.2, 0.25) is 0 Å². The highest BCUT2D eigenvalue weighted by molar-refractivity contribution is 5.68. The molecule has 5 nitrogen and oxygen atoms in total. The summed E-state index contributed by atoms with van der Waals surface area (Å²) in [5, 5.41) is 9.13. The Kier molecular flexibility index (Phi) is 6.40. The van der Waals surface area contributed by atoms with Crippen molar-refractivity contribution in [1.29, 1.82) is 0 Å². The first-order valence-corrected chi connectivity index (χ1v) is 12.1. The Balaban J connectivity index is 1.58. The molecule has 3 saturated heterocycles. The van der Waals surface area contributed by atoms with E-state index in [4.69, 9.17) is 15.6 Å². The average molecular weight is 457 g/mol. The van der Waals surface area contributed by atoms with Crippen molar-refractivity contribution in [3.8, 4) is 5.75 Å². The van der Waals surface area contributed by atoms with Gasteiger partial charge in [0.1, 0.15) is 5.75 Å². The van der Waals surface area contributed by atoms with Crippen molar-refractivity contribution in [2.45, 2.75) is 30.8 Å². The molecule has 0 amide bonds. The third-order valence-corrected chi connectivity index (χ3v) is 7.74. The van der Waals surface area contributed by atoms with Crippen LogP contribution in [-0.4, -0.2) is 41.3 Å². The number of nitrogens with zero attached hydrogens (tertiary/aromatic N) is 1. The van der Waals surface area contributed by atoms with Crippen LogP contribution < -0.4 is 10.5 Å². The maximum Gasteiger partial charge on any atom is 0.341 e. The van der Waals surface area contributed by atoms with Gasteiger partial charge in [0.2, 0.25) is 0 Å². The topological polar surface area (TPSA) is 75.8 Å². The Bertz CT molecular complexity index is 1070. The van der Waals surface area contributed by atoms with Crippen LogP contribution in [0.4, 0.5) is 0 Å². The van der Waals surface area contributed by atoms with E-state index in [9.17, 15) is 4.79 Å². The van der Waals surface area contributed by atoms with Gasteiger partial charge >= 0.3 is 5.97 Å². The van der Waals surface area contributed by atoms with Gasteiger partial charge in [0.05, 0.1) is 5.66 Å². The zero-order chi connectivity index (χ0) is 23.5. The van der Waals surface area contributed by atoms with Gasteiger partial charge in [-0.15, -0.1) is 0 Å². The fraction of sp³-hybridized carbons (Fsp3) is 0.345. The quantitative estimate of drug-likeness (QED) is 0.521. The Labute approximate surface area is 201 Å². The predicted octanol–water partition coefficient (Wildman–Crippen LogP) is 4.52. The maximum absolute atomic E-state index is 11.1. The number of piperidine rings is 3. The van der Waals surface area contributed by atoms with Gasteiger partial charge in [-0.05, 0) is 53.9 Å². The van der Waals surface area contributed by atoms with Gasteiger partial charge in [-0.3, -0.25) is 4.90 Å². The number of hydrogen-bond acceptors (Lipinski definition) is 4. The molecule has 3 aliphatic rings. The Morgan fingerprint density at radius 1 is 0.941 bits per heavy atom. The van der Waals surface area contributed by atoms with Crippen LogP contribution in [0, 0.1) is 11.8 Å². The molecule has 34 heavy (non-hydrogen) atoms. The number of benzene rings is 3. The minimum absolute atomic E-state index is 0.0232. The predicted molar refractivity (Wildman–Crippen MR) is 133 cm³/mol. The van der Waals surface area contributed by atoms with Gasteiger partial charge in [-0.1, -0.05) is 78.9 Å². The molecule has 0 aromatic heterocycles. The Morgan fingerprint density at radius 3 is 2.09 bits per heavy atom. The zero-order valence-electron chi connectivity index (χ0n) is 19.3. The van der Waals surface area contributed by atoms with Gasteiger partial charge < -0.3 is 15.6 Å². The number of carboxylic acids is 1. The molecule has 3 aromatic carbocycles. The van der Waals surface area contributed by atoms with E-state index < -0.39 is 11.6 Å². The number of fused-ring (bicyclic) bond motifs is 3. The van der Waals surface area contributed by atoms with Crippen LogP contribution in [0.5, 0.6) is 5.75 Å². The highest BCUT2D eigenvalue weighted by Gasteiger charge is 2.55. The summed E-state index contributed by atoms with van der Waals surface area (Å²) in [6.45, 7) is 1.66. The highest BCUT2D eigenvalue weighted by atomic mass is 16.5. The minimum Gasteiger partial charge on any atom is -0.482 e. The van der Waals surface area contributed by atoms with Crippen molar-refractivity contribution in [3.05, 3.63) is 102 Å². The first-order chi connectivity index (χ1) is 16.6. The first-order valence-electron chi connectivity index (χ1n) is 12.1. The van der Waals surface area contributed by atoms with Gasteiger partial charge in [0.25, 0.3) is 0 Å². The monoisotopic (exact) mass is 456 g/mol. The van der Waals surface area contributed by atoms with E-state index in [1.54, 1.807) is 0 Å². The van der Waals surface area contributed by atoms with Crippen molar-refractivity contribution >= 4 is 5.97 Å². The fourth-order valence-electron chi connectivity index (χ4n) is 6.24. The van der Waals surface area contributed by atoms with Crippen LogP contribution >= 0.6 is 0 Å². The van der Waals surface area contributed by atoms with Gasteiger partial charge in [-0.25, -0.2) is 4.79 Å². The molecule has 2 bridgehead atoms. The molecule has 1 unspecified atom stereocenters. The first kappa shape index (κ1) is 22.6. The lowest BCUT2D eigenvalue weighted by molar-refractivity contribution is -0.139. The van der Waals surface area contributed by atoms with E-state index in [-0.39, 0.29) is 18.4 Å². The number of nitrogens with two attached hydrogens (primary N) is 1. The Morgan fingerprint density at radius 2 is 1.50 bits per heavy atom. The van der Waals surface area contributed by atoms with Gasteiger partial charge in [0.15, 0.2) is 6.61 Å². The van der Waals surface area contributed by atoms with Crippen molar-refractivity contribution in [2.24, 2.45) is 17.6 Å². The number of hydrogen-bond donors (Lipinski definition) is 2. The second-order valence-electron chi connectivity index (χ2n) is 9.57. The van der Waals surface area contributed by atoms with E-state index in [1.807, 2.05) is 18.2 Å². The van der Waals surface area contributed by atoms with Crippen molar-refractivity contribution < 1.29 is 14.6 Å². The lowest BCUT2D eigenvalue weighted by Gasteiger charge is -2.61. The summed E-state index contributed by atoms with van der Waals surface area (Å²) in [5.41, 5.74) is 10.5. The third-order valence-electron chi connectivity index (χ3n) is 7.74. The number of rotatable bonds is 8. The smallest absolute Gasteiger partial charge is 0.341 e. The molecule has 3 fully saturated rings. The summed E-state index contributed by atoms with van der Waals surface area (Å²) in [4.78, 5) is 13.6. The van der Waals surface area contributed by atoms with E-state index in [0.29, 0.717) is 11.7 Å². The number of ether oxygens (including phenoxy) is 1. The average Bonchev–Trinajstić information content (AvgIpc) is 2.87. The molecule has 2 atom stereocenters. The molecule has 3 N–H and O–H groups in total. The molecular formula is C29H32N2O3. The van der Waals surface area contributed by atoms with Crippen molar-refractivity contribution in [2.75, 3.05) is 19.7 Å². The second kappa shape index (κ2) is 9.61. The molecular weight excluding hydrogens is 424 g/mol. The molecule has 6 rings (SSSR count). The van der Waals surface area contributed by atoms with Crippen molar-refractivity contribution in [1.82, 2.24) is 4.90 Å². The summed E-state index contributed by atoms with van der Waals surface area (Å²) < 4.78 is 5.66. The molecule has 3 heterocycles. The van der Waals surface area contributed by atoms with Crippen LogP contribution in [0.15, 0.2) is 84.9 Å². The summed E-state index contributed by atoms with van der Waals surface area (Å²) in [5.74, 6) is 0.404. The number of carbonyl (C=O) groups is 1.